The highest BCUT2D eigenvalue weighted by Gasteiger charge is 2.76. The second-order valence-corrected chi connectivity index (χ2v) is 14.5. The van der Waals surface area contributed by atoms with Gasteiger partial charge in [-0.25, -0.2) is 0 Å². The first kappa shape index (κ1) is 46.0. The Bertz CT molecular complexity index is 1070. The van der Waals surface area contributed by atoms with E-state index in [0.29, 0.717) is 44.9 Å². The third-order valence-electron chi connectivity index (χ3n) is 10.1. The van der Waals surface area contributed by atoms with E-state index in [2.05, 4.69) is 4.74 Å². The minimum atomic E-state index is -6.02. The summed E-state index contributed by atoms with van der Waals surface area (Å²) in [5.74, 6) is -3.89. The fraction of sp³-hybridized carbons (Fsp3) is 0.938. The second kappa shape index (κ2) is 16.4. The van der Waals surface area contributed by atoms with Crippen LogP contribution < -0.4 is 0 Å². The number of halogens is 12. The number of carbonyl (C=O) groups is 2. The molecule has 0 amide bonds. The molecule has 2 rings (SSSR count). The van der Waals surface area contributed by atoms with Crippen molar-refractivity contribution in [2.75, 3.05) is 0 Å². The highest BCUT2D eigenvalue weighted by molar-refractivity contribution is 5.76. The fourth-order valence-corrected chi connectivity index (χ4v) is 5.62. The molecule has 0 radical (unpaired) electrons. The summed E-state index contributed by atoms with van der Waals surface area (Å²) in [7, 11) is 0. The first-order chi connectivity index (χ1) is 22.3. The van der Waals surface area contributed by atoms with E-state index in [4.69, 9.17) is 4.74 Å². The van der Waals surface area contributed by atoms with Gasteiger partial charge < -0.3 is 19.7 Å². The highest BCUT2D eigenvalue weighted by Crippen LogP contribution is 2.51. The van der Waals surface area contributed by atoms with Crippen LogP contribution in [0.4, 0.5) is 52.7 Å². The molecule has 0 spiro atoms. The van der Waals surface area contributed by atoms with Crippen LogP contribution in [0, 0.1) is 22.7 Å². The summed E-state index contributed by atoms with van der Waals surface area (Å²) in [6.07, 6.45) is -25.8. The summed E-state index contributed by atoms with van der Waals surface area (Å²) in [4.78, 5) is 24.4. The number of hydrogen-bond donors (Lipinski definition) is 2. The van der Waals surface area contributed by atoms with Crippen molar-refractivity contribution in [3.8, 4) is 0 Å². The van der Waals surface area contributed by atoms with Crippen LogP contribution in [0.5, 0.6) is 0 Å². The molecule has 2 N–H and O–H groups in total. The van der Waals surface area contributed by atoms with Crippen LogP contribution in [-0.2, 0) is 19.1 Å². The van der Waals surface area contributed by atoms with Crippen molar-refractivity contribution in [1.29, 1.82) is 0 Å². The number of alkyl halides is 12. The Morgan fingerprint density at radius 1 is 0.580 bits per heavy atom. The predicted octanol–water partition coefficient (Wildman–Crippen LogP) is 9.54. The summed E-state index contributed by atoms with van der Waals surface area (Å²) in [6, 6.07) is 0. The molecule has 0 bridgehead atoms. The third-order valence-corrected chi connectivity index (χ3v) is 10.1. The van der Waals surface area contributed by atoms with E-state index >= 15 is 0 Å². The van der Waals surface area contributed by atoms with Crippen molar-refractivity contribution in [3.05, 3.63) is 0 Å². The highest BCUT2D eigenvalue weighted by atomic mass is 19.4. The number of esters is 2. The quantitative estimate of drug-likeness (QED) is 0.161. The average molecular weight is 757 g/mol. The van der Waals surface area contributed by atoms with E-state index in [9.17, 15) is 72.5 Å². The van der Waals surface area contributed by atoms with Gasteiger partial charge >= 0.3 is 36.6 Å². The minimum Gasteiger partial charge on any atom is -0.462 e. The molecule has 6 nitrogen and oxygen atoms in total. The van der Waals surface area contributed by atoms with Gasteiger partial charge in [0.15, 0.2) is 6.10 Å². The van der Waals surface area contributed by atoms with Gasteiger partial charge in [-0.1, -0.05) is 46.0 Å². The van der Waals surface area contributed by atoms with E-state index in [-0.39, 0.29) is 19.3 Å². The maximum absolute atomic E-state index is 13.2. The number of carbonyl (C=O) groups excluding carboxylic acids is 2. The van der Waals surface area contributed by atoms with Crippen LogP contribution >= 0.6 is 0 Å². The molecular weight excluding hydrogens is 708 g/mol. The van der Waals surface area contributed by atoms with Crippen molar-refractivity contribution >= 4 is 11.9 Å². The Morgan fingerprint density at radius 2 is 0.920 bits per heavy atom. The normalized spacial score (nSPS) is 19.4. The maximum atomic E-state index is 13.2. The summed E-state index contributed by atoms with van der Waals surface area (Å²) < 4.78 is 167. The Balaban J connectivity index is 0.000000502. The molecular formula is C32H48F12O6. The lowest BCUT2D eigenvalue weighted by Crippen LogP contribution is -2.67. The van der Waals surface area contributed by atoms with Gasteiger partial charge in [0.2, 0.25) is 0 Å². The summed E-state index contributed by atoms with van der Waals surface area (Å²) in [6.45, 7) is 8.96. The molecule has 18 heteroatoms. The summed E-state index contributed by atoms with van der Waals surface area (Å²) >= 11 is 0. The second-order valence-electron chi connectivity index (χ2n) is 14.5. The SMILES string of the molecule is CCC(C)(C)C(=O)OC(C1CCCC1)C(O)(C(F)(F)F)C(F)(F)F.CCC(C)(C)C(=O)OC(CC(O)(C(F)(F)F)C(F)(F)F)C1CCCCC1. The van der Waals surface area contributed by atoms with Crippen LogP contribution in [0.25, 0.3) is 0 Å². The predicted molar refractivity (Wildman–Crippen MR) is 155 cm³/mol. The van der Waals surface area contributed by atoms with E-state index in [1.165, 1.54) is 27.7 Å². The van der Waals surface area contributed by atoms with E-state index in [0.717, 1.165) is 6.42 Å². The molecule has 0 saturated heterocycles. The molecule has 0 heterocycles. The van der Waals surface area contributed by atoms with E-state index < -0.39 is 89.1 Å². The van der Waals surface area contributed by atoms with Crippen LogP contribution in [0.2, 0.25) is 0 Å². The van der Waals surface area contributed by atoms with Crippen LogP contribution in [0.3, 0.4) is 0 Å². The number of rotatable bonds is 11. The first-order valence-electron chi connectivity index (χ1n) is 16.5. The van der Waals surface area contributed by atoms with Gasteiger partial charge in [-0.3, -0.25) is 9.59 Å². The Labute approximate surface area is 283 Å². The lowest BCUT2D eigenvalue weighted by molar-refractivity contribution is -0.396. The molecule has 2 aliphatic rings. The molecule has 2 unspecified atom stereocenters. The topological polar surface area (TPSA) is 93.1 Å². The van der Waals surface area contributed by atoms with Crippen LogP contribution in [-0.4, -0.2) is 70.3 Å². The first-order valence-corrected chi connectivity index (χ1v) is 16.5. The summed E-state index contributed by atoms with van der Waals surface area (Å²) in [5.41, 5.74) is -12.3. The van der Waals surface area contributed by atoms with Gasteiger partial charge in [0.1, 0.15) is 6.10 Å². The average Bonchev–Trinajstić information content (AvgIpc) is 3.52. The zero-order valence-electron chi connectivity index (χ0n) is 28.9. The van der Waals surface area contributed by atoms with Gasteiger partial charge in [-0.05, 0) is 78.1 Å². The van der Waals surface area contributed by atoms with E-state index in [1.807, 2.05) is 0 Å². The molecule has 0 aliphatic heterocycles. The monoisotopic (exact) mass is 756 g/mol. The lowest BCUT2D eigenvalue weighted by Gasteiger charge is -2.41. The van der Waals surface area contributed by atoms with Gasteiger partial charge in [0.25, 0.3) is 11.2 Å². The molecule has 2 saturated carbocycles. The maximum Gasteiger partial charge on any atom is 0.430 e. The molecule has 296 valence electrons. The Morgan fingerprint density at radius 3 is 1.26 bits per heavy atom. The molecule has 50 heavy (non-hydrogen) atoms. The Hall–Kier alpha value is -1.98. The van der Waals surface area contributed by atoms with Gasteiger partial charge in [0.05, 0.1) is 10.8 Å². The van der Waals surface area contributed by atoms with Gasteiger partial charge in [-0.2, -0.15) is 52.7 Å². The van der Waals surface area contributed by atoms with Crippen molar-refractivity contribution in [2.45, 2.75) is 167 Å². The van der Waals surface area contributed by atoms with Crippen LogP contribution in [0.1, 0.15) is 119 Å². The lowest BCUT2D eigenvalue weighted by atomic mass is 9.80. The third kappa shape index (κ3) is 10.6. The fourth-order valence-electron chi connectivity index (χ4n) is 5.62. The Kier molecular flexibility index (Phi) is 15.1. The molecule has 0 aromatic heterocycles. The number of hydrogen-bond acceptors (Lipinski definition) is 6. The minimum absolute atomic E-state index is 0.0268. The zero-order valence-corrected chi connectivity index (χ0v) is 28.9. The van der Waals surface area contributed by atoms with Crippen molar-refractivity contribution in [2.24, 2.45) is 22.7 Å². The largest absolute Gasteiger partial charge is 0.462 e. The smallest absolute Gasteiger partial charge is 0.430 e. The van der Waals surface area contributed by atoms with E-state index in [1.54, 1.807) is 13.8 Å². The molecule has 0 aromatic rings. The van der Waals surface area contributed by atoms with Crippen molar-refractivity contribution < 1.29 is 82.0 Å². The van der Waals surface area contributed by atoms with Crippen molar-refractivity contribution in [3.63, 3.8) is 0 Å². The van der Waals surface area contributed by atoms with Crippen molar-refractivity contribution in [1.82, 2.24) is 0 Å². The van der Waals surface area contributed by atoms with Gasteiger partial charge in [0, 0.05) is 6.42 Å². The van der Waals surface area contributed by atoms with Crippen LogP contribution in [0.15, 0.2) is 0 Å². The molecule has 2 fully saturated rings. The van der Waals surface area contributed by atoms with Gasteiger partial charge in [-0.15, -0.1) is 0 Å². The molecule has 0 aromatic carbocycles. The number of aliphatic hydroxyl groups is 2. The number of ether oxygens (including phenoxy) is 2. The molecule has 2 atom stereocenters. The summed E-state index contributed by atoms with van der Waals surface area (Å²) in [5, 5.41) is 19.2. The zero-order chi connectivity index (χ0) is 39.4. The standard InChI is InChI=1S/C17H26F6O3.C15H22F6O3/c1-4-14(2,3)13(24)26-12(11-8-6-5-7-9-11)10-15(25,16(18,19)20)17(21,22)23;1-4-12(2,3)11(22)24-10(9-7-5-6-8-9)13(23,14(16,17)18)15(19,20)21/h11-12,25H,4-10H2,1-3H3;9-10,23H,4-8H2,1-3H3. The molecule has 2 aliphatic carbocycles.